The van der Waals surface area contributed by atoms with Gasteiger partial charge in [-0.15, -0.1) is 0 Å². The molecule has 32 heavy (non-hydrogen) atoms. The van der Waals surface area contributed by atoms with Crippen molar-refractivity contribution in [3.63, 3.8) is 0 Å². The van der Waals surface area contributed by atoms with Crippen molar-refractivity contribution in [2.24, 2.45) is 0 Å². The van der Waals surface area contributed by atoms with E-state index >= 15 is 0 Å². The molecule has 0 bridgehead atoms. The van der Waals surface area contributed by atoms with Gasteiger partial charge in [0.15, 0.2) is 11.5 Å². The van der Waals surface area contributed by atoms with Crippen LogP contribution in [-0.4, -0.2) is 56.3 Å². The summed E-state index contributed by atoms with van der Waals surface area (Å²) in [4.78, 5) is 41.4. The lowest BCUT2D eigenvalue weighted by Gasteiger charge is -2.24. The van der Waals surface area contributed by atoms with Crippen molar-refractivity contribution in [1.82, 2.24) is 10.2 Å². The molecule has 1 unspecified atom stereocenters. The molecule has 1 atom stereocenters. The number of ether oxygens (including phenoxy) is 3. The summed E-state index contributed by atoms with van der Waals surface area (Å²) < 4.78 is 16.3. The van der Waals surface area contributed by atoms with E-state index in [-0.39, 0.29) is 31.7 Å². The molecule has 9 heteroatoms. The number of anilines is 1. The number of benzene rings is 2. The average molecular weight is 439 g/mol. The first-order valence-electron chi connectivity index (χ1n) is 10.5. The summed E-state index contributed by atoms with van der Waals surface area (Å²) in [6.07, 6.45) is -0.835. The Bertz CT molecular complexity index is 1040. The highest BCUT2D eigenvalue weighted by molar-refractivity contribution is 6.01. The van der Waals surface area contributed by atoms with Gasteiger partial charge in [0, 0.05) is 37.7 Å². The summed E-state index contributed by atoms with van der Waals surface area (Å²) in [5, 5.41) is 2.63. The summed E-state index contributed by atoms with van der Waals surface area (Å²) in [6.45, 7) is 2.46. The molecule has 4 rings (SSSR count). The van der Waals surface area contributed by atoms with Crippen LogP contribution in [0.3, 0.4) is 0 Å². The monoisotopic (exact) mass is 439 g/mol. The minimum Gasteiger partial charge on any atom is -0.454 e. The molecule has 0 fully saturated rings. The summed E-state index contributed by atoms with van der Waals surface area (Å²) in [5.41, 5.74) is 1.75. The molecule has 2 heterocycles. The van der Waals surface area contributed by atoms with Gasteiger partial charge < -0.3 is 29.3 Å². The number of amides is 3. The Morgan fingerprint density at radius 1 is 1.16 bits per heavy atom. The van der Waals surface area contributed by atoms with Gasteiger partial charge >= 0.3 is 6.09 Å². The van der Waals surface area contributed by atoms with E-state index in [0.717, 1.165) is 0 Å². The van der Waals surface area contributed by atoms with E-state index < -0.39 is 12.2 Å². The van der Waals surface area contributed by atoms with E-state index in [2.05, 4.69) is 5.32 Å². The Morgan fingerprint density at radius 2 is 1.94 bits per heavy atom. The Kier molecular flexibility index (Phi) is 6.16. The number of nitrogens with zero attached hydrogens (tertiary/aromatic N) is 2. The van der Waals surface area contributed by atoms with Crippen molar-refractivity contribution in [3.8, 4) is 11.5 Å². The van der Waals surface area contributed by atoms with E-state index in [4.69, 9.17) is 14.2 Å². The SMILES string of the molecule is CCNC(=O)OC1CCN(C(=O)c2ccc3c(c2)OCO3)CC(=O)N(C)c2ccccc21. The summed E-state index contributed by atoms with van der Waals surface area (Å²) >= 11 is 0. The van der Waals surface area contributed by atoms with Crippen LogP contribution in [0.2, 0.25) is 0 Å². The molecule has 168 valence electrons. The molecule has 0 aliphatic carbocycles. The fraction of sp³-hybridized carbons (Fsp3) is 0.348. The molecular weight excluding hydrogens is 414 g/mol. The summed E-state index contributed by atoms with van der Waals surface area (Å²) in [6, 6.07) is 12.2. The van der Waals surface area contributed by atoms with E-state index in [1.165, 1.54) is 9.80 Å². The molecule has 0 spiro atoms. The van der Waals surface area contributed by atoms with E-state index in [1.807, 2.05) is 18.2 Å². The lowest BCUT2D eigenvalue weighted by Crippen LogP contribution is -2.41. The van der Waals surface area contributed by atoms with Crippen LogP contribution in [0.4, 0.5) is 10.5 Å². The van der Waals surface area contributed by atoms with Crippen LogP contribution in [0.15, 0.2) is 42.5 Å². The Labute approximate surface area is 185 Å². The van der Waals surface area contributed by atoms with Crippen LogP contribution in [-0.2, 0) is 9.53 Å². The van der Waals surface area contributed by atoms with Crippen LogP contribution >= 0.6 is 0 Å². The molecule has 2 aromatic carbocycles. The quantitative estimate of drug-likeness (QED) is 0.790. The predicted molar refractivity (Wildman–Crippen MR) is 116 cm³/mol. The van der Waals surface area contributed by atoms with E-state index in [9.17, 15) is 14.4 Å². The lowest BCUT2D eigenvalue weighted by molar-refractivity contribution is -0.119. The highest BCUT2D eigenvalue weighted by Gasteiger charge is 2.30. The lowest BCUT2D eigenvalue weighted by atomic mass is 10.0. The van der Waals surface area contributed by atoms with Crippen molar-refractivity contribution in [1.29, 1.82) is 0 Å². The van der Waals surface area contributed by atoms with Crippen LogP contribution in [0.25, 0.3) is 0 Å². The molecule has 2 aliphatic rings. The average Bonchev–Trinajstić information content (AvgIpc) is 3.28. The van der Waals surface area contributed by atoms with Crippen LogP contribution in [0.1, 0.15) is 35.4 Å². The molecule has 9 nitrogen and oxygen atoms in total. The smallest absolute Gasteiger partial charge is 0.407 e. The number of carbonyl (C=O) groups is 3. The number of fused-ring (bicyclic) bond motifs is 2. The number of hydrogen-bond acceptors (Lipinski definition) is 6. The number of nitrogens with one attached hydrogen (secondary N) is 1. The maximum atomic E-state index is 13.3. The number of rotatable bonds is 3. The zero-order chi connectivity index (χ0) is 22.7. The van der Waals surface area contributed by atoms with Gasteiger partial charge in [-0.05, 0) is 31.2 Å². The third kappa shape index (κ3) is 4.32. The van der Waals surface area contributed by atoms with Gasteiger partial charge in [-0.25, -0.2) is 4.79 Å². The molecule has 2 aliphatic heterocycles. The molecule has 0 radical (unpaired) electrons. The van der Waals surface area contributed by atoms with Gasteiger partial charge in [0.05, 0.1) is 5.69 Å². The molecular formula is C23H25N3O6. The Hall–Kier alpha value is -3.75. The number of likely N-dealkylation sites (N-methyl/N-ethyl adjacent to an activating group) is 1. The van der Waals surface area contributed by atoms with Crippen LogP contribution in [0.5, 0.6) is 11.5 Å². The minimum absolute atomic E-state index is 0.105. The second-order valence-corrected chi connectivity index (χ2v) is 7.52. The largest absolute Gasteiger partial charge is 0.454 e. The standard InChI is InChI=1S/C23H25N3O6/c1-3-24-23(29)32-18-10-11-26(13-21(27)25(2)17-7-5-4-6-16(17)18)22(28)15-8-9-19-20(12-15)31-14-30-19/h4-9,12,18H,3,10-11,13-14H2,1-2H3,(H,24,29). The van der Waals surface area contributed by atoms with Gasteiger partial charge in [-0.2, -0.15) is 0 Å². The molecule has 2 aromatic rings. The predicted octanol–water partition coefficient (Wildman–Crippen LogP) is 2.71. The van der Waals surface area contributed by atoms with Gasteiger partial charge in [-0.3, -0.25) is 9.59 Å². The molecule has 0 saturated heterocycles. The van der Waals surface area contributed by atoms with Gasteiger partial charge in [0.2, 0.25) is 12.7 Å². The molecule has 1 N–H and O–H groups in total. The van der Waals surface area contributed by atoms with E-state index in [1.54, 1.807) is 38.2 Å². The maximum absolute atomic E-state index is 13.3. The minimum atomic E-state index is -0.627. The Balaban J connectivity index is 1.63. The highest BCUT2D eigenvalue weighted by Crippen LogP contribution is 2.34. The van der Waals surface area contributed by atoms with Gasteiger partial charge in [0.25, 0.3) is 5.91 Å². The van der Waals surface area contributed by atoms with Crippen molar-refractivity contribution in [2.45, 2.75) is 19.4 Å². The topological polar surface area (TPSA) is 97.4 Å². The van der Waals surface area contributed by atoms with Crippen molar-refractivity contribution >= 4 is 23.6 Å². The number of para-hydroxylation sites is 1. The maximum Gasteiger partial charge on any atom is 0.407 e. The molecule has 0 aromatic heterocycles. The zero-order valence-electron chi connectivity index (χ0n) is 18.0. The van der Waals surface area contributed by atoms with Gasteiger partial charge in [0.1, 0.15) is 12.6 Å². The second kappa shape index (κ2) is 9.17. The van der Waals surface area contributed by atoms with Crippen LogP contribution in [0, 0.1) is 0 Å². The first-order valence-corrected chi connectivity index (χ1v) is 10.5. The summed E-state index contributed by atoms with van der Waals surface area (Å²) in [7, 11) is 1.65. The molecule has 3 amide bonds. The first kappa shape index (κ1) is 21.5. The number of carbonyl (C=O) groups excluding carboxylic acids is 3. The van der Waals surface area contributed by atoms with E-state index in [0.29, 0.717) is 41.3 Å². The number of hydrogen-bond donors (Lipinski definition) is 1. The molecule has 0 saturated carbocycles. The number of alkyl carbamates (subject to hydrolysis) is 1. The van der Waals surface area contributed by atoms with Gasteiger partial charge in [-0.1, -0.05) is 18.2 Å². The summed E-state index contributed by atoms with van der Waals surface area (Å²) in [5.74, 6) is 0.513. The third-order valence-electron chi connectivity index (χ3n) is 5.48. The second-order valence-electron chi connectivity index (χ2n) is 7.52. The van der Waals surface area contributed by atoms with Crippen molar-refractivity contribution < 1.29 is 28.6 Å². The fourth-order valence-electron chi connectivity index (χ4n) is 3.80. The first-order chi connectivity index (χ1) is 15.5. The third-order valence-corrected chi connectivity index (χ3v) is 5.48. The zero-order valence-corrected chi connectivity index (χ0v) is 18.0. The van der Waals surface area contributed by atoms with Crippen molar-refractivity contribution in [3.05, 3.63) is 53.6 Å². The van der Waals surface area contributed by atoms with Crippen LogP contribution < -0.4 is 19.7 Å². The Morgan fingerprint density at radius 3 is 2.75 bits per heavy atom. The highest BCUT2D eigenvalue weighted by atomic mass is 16.7. The normalized spacial score (nSPS) is 17.7. The van der Waals surface area contributed by atoms with Crippen molar-refractivity contribution in [2.75, 3.05) is 38.4 Å². The fourth-order valence-corrected chi connectivity index (χ4v) is 3.80.